The topological polar surface area (TPSA) is 88.2 Å². The van der Waals surface area contributed by atoms with Crippen molar-refractivity contribution in [2.45, 2.75) is 46.1 Å². The van der Waals surface area contributed by atoms with Crippen LogP contribution in [0.1, 0.15) is 61.4 Å². The highest BCUT2D eigenvalue weighted by atomic mass is 16.1. The van der Waals surface area contributed by atoms with Crippen LogP contribution in [0.3, 0.4) is 0 Å². The number of hydrogen-bond donors (Lipinski definition) is 1. The van der Waals surface area contributed by atoms with Gasteiger partial charge in [-0.2, -0.15) is 15.0 Å². The molecule has 2 N–H and O–H groups in total. The molecule has 1 fully saturated rings. The van der Waals surface area contributed by atoms with Gasteiger partial charge in [0.1, 0.15) is 0 Å². The van der Waals surface area contributed by atoms with E-state index >= 15 is 0 Å². The third-order valence-electron chi connectivity index (χ3n) is 5.76. The fraction of sp³-hybridized carbons (Fsp3) is 0.565. The van der Waals surface area contributed by atoms with E-state index in [1.165, 1.54) is 5.56 Å². The predicted molar refractivity (Wildman–Crippen MR) is 121 cm³/mol. The Morgan fingerprint density at radius 1 is 1.10 bits per heavy atom. The quantitative estimate of drug-likeness (QED) is 0.700. The Bertz CT molecular complexity index is 856. The fourth-order valence-electron chi connectivity index (χ4n) is 4.01. The van der Waals surface area contributed by atoms with E-state index in [0.29, 0.717) is 17.7 Å². The highest BCUT2D eigenvalue weighted by molar-refractivity contribution is 5.97. The molecule has 1 aromatic heterocycles. The van der Waals surface area contributed by atoms with Gasteiger partial charge in [0.2, 0.25) is 11.9 Å². The maximum Gasteiger partial charge on any atom is 0.229 e. The summed E-state index contributed by atoms with van der Waals surface area (Å²) in [6.45, 7) is 8.18. The van der Waals surface area contributed by atoms with E-state index in [1.807, 2.05) is 31.1 Å². The summed E-state index contributed by atoms with van der Waals surface area (Å²) in [6.07, 6.45) is 2.73. The lowest BCUT2D eigenvalue weighted by Gasteiger charge is -2.35. The summed E-state index contributed by atoms with van der Waals surface area (Å²) in [7, 11) is 3.77. The molecule has 0 bridgehead atoms. The van der Waals surface area contributed by atoms with Crippen LogP contribution < -0.4 is 10.6 Å². The molecule has 1 unspecified atom stereocenters. The molecule has 1 aliphatic rings. The minimum atomic E-state index is 0.0281. The van der Waals surface area contributed by atoms with Gasteiger partial charge in [-0.3, -0.25) is 9.69 Å². The van der Waals surface area contributed by atoms with Crippen LogP contribution in [0.4, 0.5) is 11.9 Å². The Balaban J connectivity index is 1.61. The third-order valence-corrected chi connectivity index (χ3v) is 5.76. The lowest BCUT2D eigenvalue weighted by Crippen LogP contribution is -2.38. The molecule has 7 heteroatoms. The average Bonchev–Trinajstić information content (AvgIpc) is 2.72. The van der Waals surface area contributed by atoms with Crippen molar-refractivity contribution in [2.24, 2.45) is 11.8 Å². The van der Waals surface area contributed by atoms with Crippen molar-refractivity contribution in [2.75, 3.05) is 37.8 Å². The smallest absolute Gasteiger partial charge is 0.229 e. The Morgan fingerprint density at radius 2 is 1.73 bits per heavy atom. The highest BCUT2D eigenvalue weighted by Gasteiger charge is 2.29. The van der Waals surface area contributed by atoms with E-state index in [0.717, 1.165) is 37.9 Å². The Kier molecular flexibility index (Phi) is 7.02. The van der Waals surface area contributed by atoms with Crippen LogP contribution >= 0.6 is 0 Å². The average molecular weight is 411 g/mol. The fourth-order valence-corrected chi connectivity index (χ4v) is 4.01. The molecular formula is C23H34N6O. The minimum absolute atomic E-state index is 0.0281. The summed E-state index contributed by atoms with van der Waals surface area (Å²) in [5.41, 5.74) is 7.99. The first-order valence-electron chi connectivity index (χ1n) is 10.8. The van der Waals surface area contributed by atoms with Crippen molar-refractivity contribution >= 4 is 17.7 Å². The van der Waals surface area contributed by atoms with Crippen molar-refractivity contribution < 1.29 is 4.79 Å². The van der Waals surface area contributed by atoms with E-state index in [4.69, 9.17) is 5.73 Å². The number of anilines is 2. The SMILES string of the molecule is CC(C)Cc1ccc(C(=O)C2CCN(C(C)c3nc(N)nc(N(C)C)n3)CC2)cc1. The number of ketones is 1. The molecule has 0 radical (unpaired) electrons. The first-order valence-corrected chi connectivity index (χ1v) is 10.8. The van der Waals surface area contributed by atoms with Gasteiger partial charge in [0, 0.05) is 25.6 Å². The Hall–Kier alpha value is -2.54. The van der Waals surface area contributed by atoms with Crippen LogP contribution in [-0.2, 0) is 6.42 Å². The molecule has 3 rings (SSSR count). The summed E-state index contributed by atoms with van der Waals surface area (Å²) in [5, 5.41) is 0. The van der Waals surface area contributed by atoms with Crippen LogP contribution in [0.5, 0.6) is 0 Å². The van der Waals surface area contributed by atoms with Gasteiger partial charge in [-0.15, -0.1) is 0 Å². The number of nitrogens with zero attached hydrogens (tertiary/aromatic N) is 5. The van der Waals surface area contributed by atoms with Gasteiger partial charge in [0.05, 0.1) is 6.04 Å². The lowest BCUT2D eigenvalue weighted by atomic mass is 9.88. The maximum absolute atomic E-state index is 13.0. The molecule has 2 heterocycles. The summed E-state index contributed by atoms with van der Waals surface area (Å²) in [4.78, 5) is 30.2. The van der Waals surface area contributed by atoms with Gasteiger partial charge in [0.15, 0.2) is 11.6 Å². The zero-order valence-electron chi connectivity index (χ0n) is 18.8. The van der Waals surface area contributed by atoms with Crippen molar-refractivity contribution in [1.29, 1.82) is 0 Å². The van der Waals surface area contributed by atoms with Gasteiger partial charge in [-0.05, 0) is 50.8 Å². The molecule has 0 amide bonds. The van der Waals surface area contributed by atoms with E-state index in [-0.39, 0.29) is 23.7 Å². The highest BCUT2D eigenvalue weighted by Crippen LogP contribution is 2.28. The van der Waals surface area contributed by atoms with Gasteiger partial charge in [0.25, 0.3) is 0 Å². The molecule has 1 atom stereocenters. The van der Waals surface area contributed by atoms with Crippen molar-refractivity contribution in [3.63, 3.8) is 0 Å². The number of rotatable bonds is 7. The summed E-state index contributed by atoms with van der Waals surface area (Å²) in [6, 6.07) is 8.20. The van der Waals surface area contributed by atoms with Crippen LogP contribution in [0.2, 0.25) is 0 Å². The zero-order chi connectivity index (χ0) is 21.8. The molecule has 1 aliphatic heterocycles. The Labute approximate surface area is 179 Å². The summed E-state index contributed by atoms with van der Waals surface area (Å²) < 4.78 is 0. The molecule has 1 saturated heterocycles. The van der Waals surface area contributed by atoms with Crippen molar-refractivity contribution in [1.82, 2.24) is 19.9 Å². The number of piperidine rings is 1. The first kappa shape index (κ1) is 22.2. The Morgan fingerprint density at radius 3 is 2.30 bits per heavy atom. The van der Waals surface area contributed by atoms with Crippen molar-refractivity contribution in [3.8, 4) is 0 Å². The van der Waals surface area contributed by atoms with E-state index in [1.54, 1.807) is 0 Å². The number of aromatic nitrogens is 3. The van der Waals surface area contributed by atoms with E-state index in [9.17, 15) is 4.79 Å². The molecule has 2 aromatic rings. The molecule has 1 aromatic carbocycles. The van der Waals surface area contributed by atoms with Gasteiger partial charge < -0.3 is 10.6 Å². The number of nitrogen functional groups attached to an aromatic ring is 1. The lowest BCUT2D eigenvalue weighted by molar-refractivity contribution is 0.0796. The number of nitrogens with two attached hydrogens (primary N) is 1. The number of carbonyl (C=O) groups excluding carboxylic acids is 1. The third kappa shape index (κ3) is 5.33. The molecule has 162 valence electrons. The standard InChI is InChI=1S/C23H34N6O/c1-15(2)14-17-6-8-18(9-7-17)20(30)19-10-12-29(13-11-19)16(3)21-25-22(24)27-23(26-21)28(4)5/h6-9,15-16,19H,10-14H2,1-5H3,(H2,24,25,26,27). The molecule has 7 nitrogen and oxygen atoms in total. The molecule has 0 spiro atoms. The number of Topliss-reactive ketones (excluding diaryl/α,β-unsaturated/α-hetero) is 1. The normalized spacial score (nSPS) is 16.6. The second kappa shape index (κ2) is 9.51. The number of carbonyl (C=O) groups is 1. The van der Waals surface area contributed by atoms with Crippen LogP contribution in [-0.4, -0.2) is 52.8 Å². The van der Waals surface area contributed by atoms with Crippen LogP contribution in [0.15, 0.2) is 24.3 Å². The molecule has 30 heavy (non-hydrogen) atoms. The van der Waals surface area contributed by atoms with Gasteiger partial charge in [-0.1, -0.05) is 38.1 Å². The number of likely N-dealkylation sites (tertiary alicyclic amines) is 1. The maximum atomic E-state index is 13.0. The first-order chi connectivity index (χ1) is 14.2. The largest absolute Gasteiger partial charge is 0.368 e. The second-order valence-electron chi connectivity index (χ2n) is 8.89. The molecular weight excluding hydrogens is 376 g/mol. The number of hydrogen-bond acceptors (Lipinski definition) is 7. The van der Waals surface area contributed by atoms with Gasteiger partial charge >= 0.3 is 0 Å². The van der Waals surface area contributed by atoms with Crippen molar-refractivity contribution in [3.05, 3.63) is 41.2 Å². The van der Waals surface area contributed by atoms with Gasteiger partial charge in [-0.25, -0.2) is 0 Å². The molecule has 0 aliphatic carbocycles. The summed E-state index contributed by atoms with van der Waals surface area (Å²) >= 11 is 0. The number of benzene rings is 1. The monoisotopic (exact) mass is 410 g/mol. The molecule has 0 saturated carbocycles. The predicted octanol–water partition coefficient (Wildman–Crippen LogP) is 3.37. The van der Waals surface area contributed by atoms with Crippen LogP contribution in [0, 0.1) is 11.8 Å². The second-order valence-corrected chi connectivity index (χ2v) is 8.89. The van der Waals surface area contributed by atoms with E-state index < -0.39 is 0 Å². The minimum Gasteiger partial charge on any atom is -0.368 e. The van der Waals surface area contributed by atoms with Crippen LogP contribution in [0.25, 0.3) is 0 Å². The van der Waals surface area contributed by atoms with E-state index in [2.05, 4.69) is 52.8 Å². The zero-order valence-corrected chi connectivity index (χ0v) is 18.8. The summed E-state index contributed by atoms with van der Waals surface area (Å²) in [5.74, 6) is 2.43.